The molecule has 0 bridgehead atoms. The Morgan fingerprint density at radius 1 is 1.31 bits per heavy atom. The van der Waals surface area contributed by atoms with Gasteiger partial charge in [0.05, 0.1) is 7.11 Å². The van der Waals surface area contributed by atoms with Crippen molar-refractivity contribution in [3.05, 3.63) is 0 Å². The first-order valence-electron chi connectivity index (χ1n) is 5.17. The van der Waals surface area contributed by atoms with Crippen LogP contribution in [0, 0.1) is 5.92 Å². The molecule has 2 rings (SSSR count). The molecule has 0 aromatic heterocycles. The number of amides is 1. The van der Waals surface area contributed by atoms with Gasteiger partial charge in [-0.3, -0.25) is 0 Å². The predicted octanol–water partition coefficient (Wildman–Crippen LogP) is 2.02. The van der Waals surface area contributed by atoms with Crippen LogP contribution in [0.15, 0.2) is 0 Å². The SMILES string of the molecule is COC(=O)N1CCC2CCCCC21. The van der Waals surface area contributed by atoms with E-state index in [-0.39, 0.29) is 6.09 Å². The molecule has 2 atom stereocenters. The molecule has 1 amide bonds. The number of nitrogens with zero attached hydrogens (tertiary/aromatic N) is 1. The number of carbonyl (C=O) groups is 1. The quantitative estimate of drug-likeness (QED) is 0.575. The number of ether oxygens (including phenoxy) is 1. The fraction of sp³-hybridized carbons (Fsp3) is 0.900. The third-order valence-electron chi connectivity index (χ3n) is 3.42. The van der Waals surface area contributed by atoms with Gasteiger partial charge in [-0.1, -0.05) is 12.8 Å². The van der Waals surface area contributed by atoms with E-state index in [1.165, 1.54) is 39.2 Å². The maximum atomic E-state index is 11.4. The van der Waals surface area contributed by atoms with Gasteiger partial charge in [0.25, 0.3) is 0 Å². The zero-order chi connectivity index (χ0) is 9.26. The first-order valence-corrected chi connectivity index (χ1v) is 5.17. The summed E-state index contributed by atoms with van der Waals surface area (Å²) in [5.41, 5.74) is 0. The van der Waals surface area contributed by atoms with Crippen molar-refractivity contribution in [1.29, 1.82) is 0 Å². The van der Waals surface area contributed by atoms with Gasteiger partial charge in [-0.25, -0.2) is 4.79 Å². The predicted molar refractivity (Wildman–Crippen MR) is 49.5 cm³/mol. The normalized spacial score (nSPS) is 32.8. The second kappa shape index (κ2) is 3.56. The van der Waals surface area contributed by atoms with Gasteiger partial charge in [0.2, 0.25) is 0 Å². The minimum Gasteiger partial charge on any atom is -0.453 e. The largest absolute Gasteiger partial charge is 0.453 e. The van der Waals surface area contributed by atoms with Gasteiger partial charge in [0, 0.05) is 12.6 Å². The fourth-order valence-electron chi connectivity index (χ4n) is 2.75. The zero-order valence-electron chi connectivity index (χ0n) is 8.16. The molecule has 1 heterocycles. The van der Waals surface area contributed by atoms with Crippen LogP contribution >= 0.6 is 0 Å². The molecule has 2 fully saturated rings. The highest BCUT2D eigenvalue weighted by Gasteiger charge is 2.38. The number of fused-ring (bicyclic) bond motifs is 1. The summed E-state index contributed by atoms with van der Waals surface area (Å²) in [5, 5.41) is 0. The molecule has 74 valence electrons. The van der Waals surface area contributed by atoms with Gasteiger partial charge in [-0.2, -0.15) is 0 Å². The van der Waals surface area contributed by atoms with Gasteiger partial charge in [-0.15, -0.1) is 0 Å². The number of hydrogen-bond donors (Lipinski definition) is 0. The highest BCUT2D eigenvalue weighted by molar-refractivity contribution is 5.68. The van der Waals surface area contributed by atoms with Gasteiger partial charge < -0.3 is 9.64 Å². The van der Waals surface area contributed by atoms with E-state index in [0.29, 0.717) is 6.04 Å². The second-order valence-corrected chi connectivity index (χ2v) is 4.06. The molecule has 0 radical (unpaired) electrons. The Morgan fingerprint density at radius 2 is 2.08 bits per heavy atom. The first kappa shape index (κ1) is 8.85. The molecule has 1 saturated heterocycles. The minimum atomic E-state index is -0.130. The molecular formula is C10H17NO2. The third-order valence-corrected chi connectivity index (χ3v) is 3.42. The highest BCUT2D eigenvalue weighted by Crippen LogP contribution is 2.36. The molecule has 2 unspecified atom stereocenters. The van der Waals surface area contributed by atoms with E-state index in [1.54, 1.807) is 0 Å². The van der Waals surface area contributed by atoms with E-state index in [4.69, 9.17) is 4.74 Å². The topological polar surface area (TPSA) is 29.5 Å². The molecule has 0 aromatic rings. The summed E-state index contributed by atoms with van der Waals surface area (Å²) < 4.78 is 4.77. The number of methoxy groups -OCH3 is 1. The molecule has 1 aliphatic heterocycles. The summed E-state index contributed by atoms with van der Waals surface area (Å²) in [6.45, 7) is 0.905. The van der Waals surface area contributed by atoms with E-state index in [2.05, 4.69) is 0 Å². The van der Waals surface area contributed by atoms with Crippen molar-refractivity contribution in [1.82, 2.24) is 4.90 Å². The van der Waals surface area contributed by atoms with Crippen molar-refractivity contribution >= 4 is 6.09 Å². The van der Waals surface area contributed by atoms with E-state index < -0.39 is 0 Å². The van der Waals surface area contributed by atoms with Crippen LogP contribution in [0.25, 0.3) is 0 Å². The van der Waals surface area contributed by atoms with E-state index in [0.717, 1.165) is 12.5 Å². The van der Waals surface area contributed by atoms with Crippen LogP contribution in [0.5, 0.6) is 0 Å². The Hall–Kier alpha value is -0.730. The summed E-state index contributed by atoms with van der Waals surface area (Å²) in [7, 11) is 1.47. The van der Waals surface area contributed by atoms with Gasteiger partial charge in [0.15, 0.2) is 0 Å². The summed E-state index contributed by atoms with van der Waals surface area (Å²) >= 11 is 0. The molecular weight excluding hydrogens is 166 g/mol. The lowest BCUT2D eigenvalue weighted by molar-refractivity contribution is 0.106. The summed E-state index contributed by atoms with van der Waals surface area (Å²) in [5.74, 6) is 0.757. The van der Waals surface area contributed by atoms with Crippen molar-refractivity contribution in [3.8, 4) is 0 Å². The van der Waals surface area contributed by atoms with Gasteiger partial charge >= 0.3 is 6.09 Å². The molecule has 3 nitrogen and oxygen atoms in total. The second-order valence-electron chi connectivity index (χ2n) is 4.06. The lowest BCUT2D eigenvalue weighted by atomic mass is 9.85. The highest BCUT2D eigenvalue weighted by atomic mass is 16.5. The average Bonchev–Trinajstić information content (AvgIpc) is 2.60. The first-order chi connectivity index (χ1) is 6.33. The maximum absolute atomic E-state index is 11.4. The van der Waals surface area contributed by atoms with Crippen molar-refractivity contribution < 1.29 is 9.53 Å². The Labute approximate surface area is 79.0 Å². The van der Waals surface area contributed by atoms with Crippen LogP contribution in [0.1, 0.15) is 32.1 Å². The average molecular weight is 183 g/mol. The Morgan fingerprint density at radius 3 is 2.85 bits per heavy atom. The number of rotatable bonds is 0. The Kier molecular flexibility index (Phi) is 2.42. The van der Waals surface area contributed by atoms with Crippen molar-refractivity contribution in [2.24, 2.45) is 5.92 Å². The van der Waals surface area contributed by atoms with E-state index >= 15 is 0 Å². The lowest BCUT2D eigenvalue weighted by Crippen LogP contribution is -2.39. The van der Waals surface area contributed by atoms with Crippen LogP contribution < -0.4 is 0 Å². The molecule has 3 heteroatoms. The smallest absolute Gasteiger partial charge is 0.409 e. The number of likely N-dealkylation sites (tertiary alicyclic amines) is 1. The van der Waals surface area contributed by atoms with E-state index in [1.807, 2.05) is 4.90 Å². The van der Waals surface area contributed by atoms with Crippen molar-refractivity contribution in [2.75, 3.05) is 13.7 Å². The zero-order valence-corrected chi connectivity index (χ0v) is 8.16. The van der Waals surface area contributed by atoms with Crippen LogP contribution in [-0.2, 0) is 4.74 Å². The summed E-state index contributed by atoms with van der Waals surface area (Å²) in [4.78, 5) is 13.3. The molecule has 1 aliphatic carbocycles. The monoisotopic (exact) mass is 183 g/mol. The standard InChI is InChI=1S/C10H17NO2/c1-13-10(12)11-7-6-8-4-2-3-5-9(8)11/h8-9H,2-7H2,1H3. The molecule has 2 aliphatic rings. The third kappa shape index (κ3) is 1.52. The molecule has 13 heavy (non-hydrogen) atoms. The summed E-state index contributed by atoms with van der Waals surface area (Å²) in [6, 6.07) is 0.487. The molecule has 0 N–H and O–H groups in total. The minimum absolute atomic E-state index is 0.130. The van der Waals surface area contributed by atoms with Gasteiger partial charge in [0.1, 0.15) is 0 Å². The fourth-order valence-corrected chi connectivity index (χ4v) is 2.75. The molecule has 1 saturated carbocycles. The van der Waals surface area contributed by atoms with Crippen LogP contribution in [0.4, 0.5) is 4.79 Å². The van der Waals surface area contributed by atoms with Crippen LogP contribution in [-0.4, -0.2) is 30.7 Å². The van der Waals surface area contributed by atoms with Gasteiger partial charge in [-0.05, 0) is 25.2 Å². The van der Waals surface area contributed by atoms with Crippen molar-refractivity contribution in [2.45, 2.75) is 38.1 Å². The number of hydrogen-bond acceptors (Lipinski definition) is 2. The van der Waals surface area contributed by atoms with Crippen LogP contribution in [0.3, 0.4) is 0 Å². The lowest BCUT2D eigenvalue weighted by Gasteiger charge is -2.30. The Bertz CT molecular complexity index is 205. The molecule has 0 aromatic carbocycles. The van der Waals surface area contributed by atoms with Crippen molar-refractivity contribution in [3.63, 3.8) is 0 Å². The molecule has 0 spiro atoms. The maximum Gasteiger partial charge on any atom is 0.409 e. The summed E-state index contributed by atoms with van der Waals surface area (Å²) in [6.07, 6.45) is 6.15. The van der Waals surface area contributed by atoms with E-state index in [9.17, 15) is 4.79 Å². The van der Waals surface area contributed by atoms with Crippen LogP contribution in [0.2, 0.25) is 0 Å². The Balaban J connectivity index is 2.02. The number of carbonyl (C=O) groups excluding carboxylic acids is 1.